The highest BCUT2D eigenvalue weighted by atomic mass is 16.5. The van der Waals surface area contributed by atoms with E-state index in [9.17, 15) is 0 Å². The van der Waals surface area contributed by atoms with Crippen LogP contribution in [-0.2, 0) is 17.9 Å². The van der Waals surface area contributed by atoms with Gasteiger partial charge in [0, 0.05) is 44.3 Å². The number of methoxy groups -OCH3 is 1. The van der Waals surface area contributed by atoms with Gasteiger partial charge in [-0.05, 0) is 31.4 Å². The third-order valence-electron chi connectivity index (χ3n) is 5.80. The van der Waals surface area contributed by atoms with Crippen molar-refractivity contribution in [1.29, 1.82) is 0 Å². The number of hydrogen-bond donors (Lipinski definition) is 2. The first-order chi connectivity index (χ1) is 15.2. The molecule has 31 heavy (non-hydrogen) atoms. The molecule has 2 aromatic carbocycles. The highest BCUT2D eigenvalue weighted by Gasteiger charge is 2.25. The minimum atomic E-state index is 0.433. The van der Waals surface area contributed by atoms with Crippen LogP contribution in [0, 0.1) is 0 Å². The average molecular weight is 425 g/mol. The molecule has 0 spiro atoms. The fourth-order valence-corrected chi connectivity index (χ4v) is 4.04. The van der Waals surface area contributed by atoms with E-state index in [1.807, 2.05) is 31.3 Å². The van der Waals surface area contributed by atoms with Gasteiger partial charge in [-0.2, -0.15) is 0 Å². The Morgan fingerprint density at radius 2 is 1.90 bits per heavy atom. The molecule has 0 bridgehead atoms. The average Bonchev–Trinajstić information content (AvgIpc) is 2.80. The number of nitrogens with zero attached hydrogens (tertiary/aromatic N) is 2. The number of para-hydroxylation sites is 1. The van der Waals surface area contributed by atoms with Crippen molar-refractivity contribution in [1.82, 2.24) is 15.5 Å². The van der Waals surface area contributed by atoms with Gasteiger partial charge >= 0.3 is 0 Å². The Kier molecular flexibility index (Phi) is 9.18. The van der Waals surface area contributed by atoms with Crippen LogP contribution in [0.3, 0.4) is 0 Å². The lowest BCUT2D eigenvalue weighted by molar-refractivity contribution is 0.122. The predicted molar refractivity (Wildman–Crippen MR) is 126 cm³/mol. The van der Waals surface area contributed by atoms with Crippen LogP contribution in [0.1, 0.15) is 30.9 Å². The second-order valence-corrected chi connectivity index (χ2v) is 8.03. The molecule has 1 aliphatic heterocycles. The number of aliphatic imine (C=N–C) groups is 1. The topological polar surface area (TPSA) is 58.1 Å². The Balaban J connectivity index is 1.35. The van der Waals surface area contributed by atoms with Crippen LogP contribution in [0.15, 0.2) is 59.6 Å². The van der Waals surface area contributed by atoms with E-state index < -0.39 is 0 Å². The van der Waals surface area contributed by atoms with Crippen molar-refractivity contribution in [2.75, 3.05) is 33.9 Å². The lowest BCUT2D eigenvalue weighted by Crippen LogP contribution is -2.51. The molecule has 168 valence electrons. The van der Waals surface area contributed by atoms with Gasteiger partial charge in [0.25, 0.3) is 0 Å². The SMILES string of the molecule is CN=C(NCCOCc1ccccc1OC)NC1CCN(Cc2ccccc2)C(C)C1. The molecule has 1 fully saturated rings. The number of nitrogens with one attached hydrogen (secondary N) is 2. The normalized spacial score (nSPS) is 19.8. The van der Waals surface area contributed by atoms with Gasteiger partial charge in [-0.25, -0.2) is 0 Å². The molecule has 2 atom stereocenters. The fraction of sp³-hybridized carbons (Fsp3) is 0.480. The third-order valence-corrected chi connectivity index (χ3v) is 5.80. The minimum Gasteiger partial charge on any atom is -0.496 e. The largest absolute Gasteiger partial charge is 0.496 e. The Labute approximate surface area is 186 Å². The monoisotopic (exact) mass is 424 g/mol. The Hall–Kier alpha value is -2.57. The van der Waals surface area contributed by atoms with E-state index in [0.29, 0.717) is 31.8 Å². The molecular formula is C25H36N4O2. The summed E-state index contributed by atoms with van der Waals surface area (Å²) in [7, 11) is 3.50. The van der Waals surface area contributed by atoms with Gasteiger partial charge in [0.15, 0.2) is 5.96 Å². The number of rotatable bonds is 9. The zero-order valence-corrected chi connectivity index (χ0v) is 19.0. The van der Waals surface area contributed by atoms with Crippen molar-refractivity contribution in [2.24, 2.45) is 4.99 Å². The van der Waals surface area contributed by atoms with E-state index in [4.69, 9.17) is 9.47 Å². The molecule has 6 heteroatoms. The van der Waals surface area contributed by atoms with Gasteiger partial charge in [0.1, 0.15) is 5.75 Å². The summed E-state index contributed by atoms with van der Waals surface area (Å²) in [6.07, 6.45) is 2.22. The first-order valence-corrected chi connectivity index (χ1v) is 11.1. The standard InChI is InChI=1S/C25H36N4O2/c1-20-17-23(13-15-29(20)18-21-9-5-4-6-10-21)28-25(26-2)27-14-16-31-19-22-11-7-8-12-24(22)30-3/h4-12,20,23H,13-19H2,1-3H3,(H2,26,27,28). The van der Waals surface area contributed by atoms with Crippen molar-refractivity contribution < 1.29 is 9.47 Å². The van der Waals surface area contributed by atoms with Crippen LogP contribution in [0.2, 0.25) is 0 Å². The summed E-state index contributed by atoms with van der Waals surface area (Å²) in [5.74, 6) is 1.70. The summed E-state index contributed by atoms with van der Waals surface area (Å²) in [5, 5.41) is 6.95. The van der Waals surface area contributed by atoms with Gasteiger partial charge in [-0.3, -0.25) is 9.89 Å². The molecule has 2 N–H and O–H groups in total. The number of ether oxygens (including phenoxy) is 2. The first kappa shape index (κ1) is 23.1. The molecule has 0 aromatic heterocycles. The molecule has 0 radical (unpaired) electrons. The van der Waals surface area contributed by atoms with Crippen molar-refractivity contribution in [3.05, 3.63) is 65.7 Å². The van der Waals surface area contributed by atoms with Gasteiger partial charge in [-0.1, -0.05) is 48.5 Å². The Morgan fingerprint density at radius 3 is 2.65 bits per heavy atom. The number of guanidine groups is 1. The predicted octanol–water partition coefficient (Wildman–Crippen LogP) is 3.43. The van der Waals surface area contributed by atoms with Crippen molar-refractivity contribution in [3.63, 3.8) is 0 Å². The van der Waals surface area contributed by atoms with Gasteiger partial charge in [0.05, 0.1) is 20.3 Å². The lowest BCUT2D eigenvalue weighted by Gasteiger charge is -2.38. The molecule has 2 unspecified atom stereocenters. The van der Waals surface area contributed by atoms with Crippen LogP contribution >= 0.6 is 0 Å². The van der Waals surface area contributed by atoms with E-state index in [1.54, 1.807) is 7.11 Å². The van der Waals surface area contributed by atoms with Gasteiger partial charge < -0.3 is 20.1 Å². The third kappa shape index (κ3) is 7.26. The molecule has 0 aliphatic carbocycles. The van der Waals surface area contributed by atoms with E-state index in [2.05, 4.69) is 57.8 Å². The van der Waals surface area contributed by atoms with Gasteiger partial charge in [-0.15, -0.1) is 0 Å². The molecule has 1 saturated heterocycles. The van der Waals surface area contributed by atoms with Crippen LogP contribution in [0.4, 0.5) is 0 Å². The second-order valence-electron chi connectivity index (χ2n) is 8.03. The second kappa shape index (κ2) is 12.3. The molecule has 1 heterocycles. The maximum atomic E-state index is 5.80. The highest BCUT2D eigenvalue weighted by molar-refractivity contribution is 5.79. The number of hydrogen-bond acceptors (Lipinski definition) is 4. The number of benzene rings is 2. The first-order valence-electron chi connectivity index (χ1n) is 11.1. The zero-order chi connectivity index (χ0) is 21.9. The fourth-order valence-electron chi connectivity index (χ4n) is 4.04. The lowest BCUT2D eigenvalue weighted by atomic mass is 9.97. The molecule has 3 rings (SSSR count). The van der Waals surface area contributed by atoms with Crippen LogP contribution in [0.5, 0.6) is 5.75 Å². The summed E-state index contributed by atoms with van der Waals surface area (Å²) in [4.78, 5) is 6.95. The van der Waals surface area contributed by atoms with E-state index in [0.717, 1.165) is 43.2 Å². The summed E-state index contributed by atoms with van der Waals surface area (Å²) < 4.78 is 11.2. The summed E-state index contributed by atoms with van der Waals surface area (Å²) in [6.45, 7) is 6.27. The molecule has 6 nitrogen and oxygen atoms in total. The van der Waals surface area contributed by atoms with Crippen LogP contribution in [0.25, 0.3) is 0 Å². The van der Waals surface area contributed by atoms with E-state index >= 15 is 0 Å². The minimum absolute atomic E-state index is 0.433. The quantitative estimate of drug-likeness (QED) is 0.367. The molecule has 0 amide bonds. The molecular weight excluding hydrogens is 388 g/mol. The smallest absolute Gasteiger partial charge is 0.191 e. The van der Waals surface area contributed by atoms with Gasteiger partial charge in [0.2, 0.25) is 0 Å². The Bertz CT molecular complexity index is 812. The van der Waals surface area contributed by atoms with Crippen molar-refractivity contribution >= 4 is 5.96 Å². The maximum absolute atomic E-state index is 5.80. The Morgan fingerprint density at radius 1 is 1.13 bits per heavy atom. The van der Waals surface area contributed by atoms with Crippen LogP contribution in [-0.4, -0.2) is 56.8 Å². The molecule has 0 saturated carbocycles. The van der Waals surface area contributed by atoms with Crippen molar-refractivity contribution in [2.45, 2.75) is 45.0 Å². The zero-order valence-electron chi connectivity index (χ0n) is 19.0. The summed E-state index contributed by atoms with van der Waals surface area (Å²) >= 11 is 0. The number of piperidine rings is 1. The number of likely N-dealkylation sites (tertiary alicyclic amines) is 1. The summed E-state index contributed by atoms with van der Waals surface area (Å²) in [5.41, 5.74) is 2.44. The van der Waals surface area contributed by atoms with Crippen LogP contribution < -0.4 is 15.4 Å². The van der Waals surface area contributed by atoms with Crippen molar-refractivity contribution in [3.8, 4) is 5.75 Å². The van der Waals surface area contributed by atoms with E-state index in [-0.39, 0.29) is 0 Å². The maximum Gasteiger partial charge on any atom is 0.191 e. The van der Waals surface area contributed by atoms with E-state index in [1.165, 1.54) is 5.56 Å². The molecule has 2 aromatic rings. The molecule has 1 aliphatic rings. The highest BCUT2D eigenvalue weighted by Crippen LogP contribution is 2.20. The summed E-state index contributed by atoms with van der Waals surface area (Å²) in [6, 6.07) is 19.6.